The van der Waals surface area contributed by atoms with Gasteiger partial charge in [0.25, 0.3) is 0 Å². The zero-order valence-electron chi connectivity index (χ0n) is 10.00. The van der Waals surface area contributed by atoms with Crippen LogP contribution < -0.4 is 10.6 Å². The minimum Gasteiger partial charge on any atom is -0.354 e. The van der Waals surface area contributed by atoms with Gasteiger partial charge in [-0.1, -0.05) is 34.1 Å². The van der Waals surface area contributed by atoms with Gasteiger partial charge in [-0.15, -0.1) is 12.4 Å². The van der Waals surface area contributed by atoms with E-state index in [9.17, 15) is 4.79 Å². The highest BCUT2D eigenvalue weighted by molar-refractivity contribution is 9.10. The summed E-state index contributed by atoms with van der Waals surface area (Å²) in [5.74, 6) is 0.0500. The number of benzene rings is 1. The Hall–Kier alpha value is -0.580. The van der Waals surface area contributed by atoms with Crippen LogP contribution in [0.3, 0.4) is 0 Å². The highest BCUT2D eigenvalue weighted by atomic mass is 79.9. The molecule has 0 saturated heterocycles. The van der Waals surface area contributed by atoms with E-state index in [1.165, 1.54) is 0 Å². The van der Waals surface area contributed by atoms with Gasteiger partial charge < -0.3 is 10.6 Å². The minimum absolute atomic E-state index is 0. The molecule has 0 radical (unpaired) electrons. The minimum atomic E-state index is 0. The molecule has 0 bridgehead atoms. The molecule has 0 heterocycles. The van der Waals surface area contributed by atoms with Crippen molar-refractivity contribution < 1.29 is 4.79 Å². The van der Waals surface area contributed by atoms with Gasteiger partial charge in [0.1, 0.15) is 0 Å². The van der Waals surface area contributed by atoms with Gasteiger partial charge in [0, 0.05) is 17.1 Å². The van der Waals surface area contributed by atoms with Crippen LogP contribution >= 0.6 is 28.3 Å². The second kappa shape index (κ2) is 8.50. The van der Waals surface area contributed by atoms with Crippen LogP contribution in [0.4, 0.5) is 0 Å². The largest absolute Gasteiger partial charge is 0.354 e. The van der Waals surface area contributed by atoms with Gasteiger partial charge >= 0.3 is 0 Å². The van der Waals surface area contributed by atoms with E-state index in [1.807, 2.05) is 38.2 Å². The molecule has 1 amide bonds. The van der Waals surface area contributed by atoms with Gasteiger partial charge in [0.2, 0.25) is 5.91 Å². The Morgan fingerprint density at radius 2 is 2.06 bits per heavy atom. The molecule has 0 aliphatic heterocycles. The van der Waals surface area contributed by atoms with Gasteiger partial charge in [0.05, 0.1) is 6.42 Å². The lowest BCUT2D eigenvalue weighted by Gasteiger charge is -2.11. The van der Waals surface area contributed by atoms with Crippen molar-refractivity contribution in [3.8, 4) is 0 Å². The van der Waals surface area contributed by atoms with Gasteiger partial charge in [-0.25, -0.2) is 0 Å². The van der Waals surface area contributed by atoms with E-state index in [-0.39, 0.29) is 18.3 Å². The summed E-state index contributed by atoms with van der Waals surface area (Å²) in [6, 6.07) is 8.06. The van der Waals surface area contributed by atoms with Crippen molar-refractivity contribution in [3.63, 3.8) is 0 Å². The maximum atomic E-state index is 11.6. The Balaban J connectivity index is 0.00000256. The summed E-state index contributed by atoms with van der Waals surface area (Å²) in [7, 11) is 1.88. The number of carbonyl (C=O) groups is 1. The molecule has 1 unspecified atom stereocenters. The highest BCUT2D eigenvalue weighted by Gasteiger charge is 2.06. The number of halogens is 2. The third-order valence-corrected chi connectivity index (χ3v) is 3.18. The Kier molecular flexibility index (Phi) is 8.21. The number of carbonyl (C=O) groups excluding carboxylic acids is 1. The molecule has 17 heavy (non-hydrogen) atoms. The summed E-state index contributed by atoms with van der Waals surface area (Å²) in [6.45, 7) is 2.68. The van der Waals surface area contributed by atoms with E-state index < -0.39 is 0 Å². The number of nitrogens with one attached hydrogen (secondary N) is 2. The first-order valence-electron chi connectivity index (χ1n) is 5.31. The van der Waals surface area contributed by atoms with Crippen molar-refractivity contribution >= 4 is 34.2 Å². The third-order valence-electron chi connectivity index (χ3n) is 2.41. The van der Waals surface area contributed by atoms with Crippen LogP contribution in [-0.4, -0.2) is 25.5 Å². The monoisotopic (exact) mass is 320 g/mol. The van der Waals surface area contributed by atoms with E-state index >= 15 is 0 Å². The van der Waals surface area contributed by atoms with Gasteiger partial charge in [0.15, 0.2) is 0 Å². The lowest BCUT2D eigenvalue weighted by atomic mass is 10.1. The van der Waals surface area contributed by atoms with Crippen LogP contribution in [0.1, 0.15) is 12.5 Å². The van der Waals surface area contributed by atoms with Crippen LogP contribution in [0.25, 0.3) is 0 Å². The Morgan fingerprint density at radius 3 is 2.65 bits per heavy atom. The molecule has 5 heteroatoms. The number of amides is 1. The van der Waals surface area contributed by atoms with E-state index in [0.29, 0.717) is 19.0 Å². The topological polar surface area (TPSA) is 41.1 Å². The molecule has 0 aliphatic carbocycles. The number of rotatable bonds is 5. The van der Waals surface area contributed by atoms with Crippen molar-refractivity contribution in [1.29, 1.82) is 0 Å². The summed E-state index contributed by atoms with van der Waals surface area (Å²) >= 11 is 3.43. The van der Waals surface area contributed by atoms with Gasteiger partial charge in [-0.3, -0.25) is 4.79 Å². The number of likely N-dealkylation sites (N-methyl/N-ethyl adjacent to an activating group) is 1. The van der Waals surface area contributed by atoms with Crippen molar-refractivity contribution in [2.75, 3.05) is 13.6 Å². The molecule has 1 aromatic rings. The molecular weight excluding hydrogens is 304 g/mol. The van der Waals surface area contributed by atoms with E-state index in [1.54, 1.807) is 0 Å². The van der Waals surface area contributed by atoms with Crippen LogP contribution in [0.15, 0.2) is 28.7 Å². The molecule has 1 atom stereocenters. The molecular formula is C12H18BrClN2O. The molecule has 0 aliphatic rings. The van der Waals surface area contributed by atoms with Crippen molar-refractivity contribution in [1.82, 2.24) is 10.6 Å². The second-order valence-corrected chi connectivity index (χ2v) is 4.62. The van der Waals surface area contributed by atoms with E-state index in [0.717, 1.165) is 10.0 Å². The first kappa shape index (κ1) is 16.4. The number of hydrogen-bond donors (Lipinski definition) is 2. The first-order chi connectivity index (χ1) is 7.63. The summed E-state index contributed by atoms with van der Waals surface area (Å²) < 4.78 is 0.979. The van der Waals surface area contributed by atoms with Crippen molar-refractivity contribution in [2.45, 2.75) is 19.4 Å². The number of hydrogen-bond acceptors (Lipinski definition) is 2. The van der Waals surface area contributed by atoms with E-state index in [2.05, 4.69) is 26.6 Å². The summed E-state index contributed by atoms with van der Waals surface area (Å²) in [4.78, 5) is 11.6. The quantitative estimate of drug-likeness (QED) is 0.872. The fraction of sp³-hybridized carbons (Fsp3) is 0.417. The van der Waals surface area contributed by atoms with Crippen molar-refractivity contribution in [3.05, 3.63) is 34.3 Å². The SMILES string of the molecule is CNC(C)CNC(=O)Cc1ccccc1Br.Cl. The lowest BCUT2D eigenvalue weighted by molar-refractivity contribution is -0.120. The smallest absolute Gasteiger partial charge is 0.224 e. The Bertz CT molecular complexity index is 360. The van der Waals surface area contributed by atoms with Gasteiger partial charge in [-0.2, -0.15) is 0 Å². The molecule has 0 spiro atoms. The average molecular weight is 322 g/mol. The highest BCUT2D eigenvalue weighted by Crippen LogP contribution is 2.15. The molecule has 3 nitrogen and oxygen atoms in total. The summed E-state index contributed by atoms with van der Waals surface area (Å²) in [5.41, 5.74) is 1.01. The Morgan fingerprint density at radius 1 is 1.41 bits per heavy atom. The summed E-state index contributed by atoms with van der Waals surface area (Å²) in [5, 5.41) is 5.96. The normalized spacial score (nSPS) is 11.5. The molecule has 1 aromatic carbocycles. The maximum Gasteiger partial charge on any atom is 0.224 e. The zero-order chi connectivity index (χ0) is 12.0. The molecule has 2 N–H and O–H groups in total. The van der Waals surface area contributed by atoms with Crippen LogP contribution in [0.2, 0.25) is 0 Å². The van der Waals surface area contributed by atoms with Gasteiger partial charge in [-0.05, 0) is 25.6 Å². The molecule has 1 rings (SSSR count). The molecule has 0 saturated carbocycles. The average Bonchev–Trinajstić information content (AvgIpc) is 2.29. The molecule has 0 aromatic heterocycles. The standard InChI is InChI=1S/C12H17BrN2O.ClH/c1-9(14-2)8-15-12(16)7-10-5-3-4-6-11(10)13;/h3-6,9,14H,7-8H2,1-2H3,(H,15,16);1H. The molecule has 0 fully saturated rings. The zero-order valence-corrected chi connectivity index (χ0v) is 12.4. The van der Waals surface area contributed by atoms with Crippen LogP contribution in [0, 0.1) is 0 Å². The second-order valence-electron chi connectivity index (χ2n) is 3.76. The van der Waals surface area contributed by atoms with Crippen LogP contribution in [0.5, 0.6) is 0 Å². The Labute approximate surface area is 117 Å². The predicted octanol–water partition coefficient (Wildman–Crippen LogP) is 2.14. The lowest BCUT2D eigenvalue weighted by Crippen LogP contribution is -2.37. The maximum absolute atomic E-state index is 11.6. The third kappa shape index (κ3) is 6.05. The van der Waals surface area contributed by atoms with Crippen molar-refractivity contribution in [2.24, 2.45) is 0 Å². The van der Waals surface area contributed by atoms with Crippen LogP contribution in [-0.2, 0) is 11.2 Å². The first-order valence-corrected chi connectivity index (χ1v) is 6.10. The predicted molar refractivity (Wildman–Crippen MR) is 76.6 cm³/mol. The van der Waals surface area contributed by atoms with E-state index in [4.69, 9.17) is 0 Å². The fourth-order valence-electron chi connectivity index (χ4n) is 1.25. The summed E-state index contributed by atoms with van der Waals surface area (Å²) in [6.07, 6.45) is 0.415. The molecule has 96 valence electrons. The fourth-order valence-corrected chi connectivity index (χ4v) is 1.67.